The van der Waals surface area contributed by atoms with Gasteiger partial charge in [-0.05, 0) is 25.0 Å². The first-order valence-corrected chi connectivity index (χ1v) is 4.82. The molecule has 4 heteroatoms. The minimum absolute atomic E-state index is 0.121. The summed E-state index contributed by atoms with van der Waals surface area (Å²) in [5, 5.41) is 0. The quantitative estimate of drug-likeness (QED) is 0.683. The van der Waals surface area contributed by atoms with E-state index in [1.165, 1.54) is 0 Å². The number of para-hydroxylation sites is 1. The lowest BCUT2D eigenvalue weighted by Crippen LogP contribution is -2.07. The molecule has 0 aromatic heterocycles. The molecule has 0 saturated carbocycles. The molecule has 0 fully saturated rings. The minimum atomic E-state index is -4.05. The van der Waals surface area contributed by atoms with Gasteiger partial charge in [0, 0.05) is 6.42 Å². The molecule has 0 aliphatic rings. The van der Waals surface area contributed by atoms with Crippen LogP contribution in [0, 0.1) is 0 Å². The molecule has 0 amide bonds. The number of alkyl halides is 3. The van der Waals surface area contributed by atoms with Gasteiger partial charge in [-0.1, -0.05) is 18.2 Å². The highest BCUT2D eigenvalue weighted by Gasteiger charge is 2.25. The van der Waals surface area contributed by atoms with Gasteiger partial charge >= 0.3 is 6.18 Å². The fraction of sp³-hybridized carbons (Fsp3) is 0.455. The number of halogens is 3. The molecule has 1 aromatic rings. The zero-order valence-corrected chi connectivity index (χ0v) is 8.26. The molecule has 0 radical (unpaired) electrons. The Kier molecular flexibility index (Phi) is 4.46. The summed E-state index contributed by atoms with van der Waals surface area (Å²) in [5.74, 6) is 0.699. The predicted octanol–water partition coefficient (Wildman–Crippen LogP) is 3.80. The van der Waals surface area contributed by atoms with Crippen LogP contribution in [-0.4, -0.2) is 12.8 Å². The van der Waals surface area contributed by atoms with Crippen LogP contribution in [0.25, 0.3) is 0 Å². The summed E-state index contributed by atoms with van der Waals surface area (Å²) in [6.45, 7) is 0.333. The SMILES string of the molecule is FC(F)(F)CCCCOc1ccccc1. The lowest BCUT2D eigenvalue weighted by Gasteiger charge is -2.07. The van der Waals surface area contributed by atoms with Gasteiger partial charge in [0.15, 0.2) is 0 Å². The molecule has 84 valence electrons. The number of hydrogen-bond donors (Lipinski definition) is 0. The third-order valence-corrected chi connectivity index (χ3v) is 1.87. The van der Waals surface area contributed by atoms with Crippen LogP contribution >= 0.6 is 0 Å². The van der Waals surface area contributed by atoms with E-state index < -0.39 is 12.6 Å². The van der Waals surface area contributed by atoms with E-state index in [0.29, 0.717) is 18.8 Å². The Morgan fingerprint density at radius 3 is 2.27 bits per heavy atom. The van der Waals surface area contributed by atoms with Crippen LogP contribution in [0.2, 0.25) is 0 Å². The summed E-state index contributed by atoms with van der Waals surface area (Å²) in [4.78, 5) is 0. The van der Waals surface area contributed by atoms with Crippen LogP contribution < -0.4 is 4.74 Å². The molecule has 0 heterocycles. The van der Waals surface area contributed by atoms with Gasteiger partial charge in [0.2, 0.25) is 0 Å². The number of unbranched alkanes of at least 4 members (excludes halogenated alkanes) is 1. The molecule has 0 unspecified atom stereocenters. The zero-order chi connectivity index (χ0) is 11.1. The summed E-state index contributed by atoms with van der Waals surface area (Å²) < 4.78 is 40.5. The molecule has 1 aromatic carbocycles. The van der Waals surface area contributed by atoms with Gasteiger partial charge in [0.05, 0.1) is 6.61 Å². The van der Waals surface area contributed by atoms with Crippen LogP contribution in [-0.2, 0) is 0 Å². The van der Waals surface area contributed by atoms with Crippen molar-refractivity contribution < 1.29 is 17.9 Å². The van der Waals surface area contributed by atoms with E-state index >= 15 is 0 Å². The Morgan fingerprint density at radius 2 is 1.67 bits per heavy atom. The maximum Gasteiger partial charge on any atom is 0.389 e. The first-order chi connectivity index (χ1) is 7.08. The highest BCUT2D eigenvalue weighted by Crippen LogP contribution is 2.22. The van der Waals surface area contributed by atoms with Crippen molar-refractivity contribution >= 4 is 0 Å². The van der Waals surface area contributed by atoms with Gasteiger partial charge in [-0.3, -0.25) is 0 Å². The second kappa shape index (κ2) is 5.63. The molecule has 0 saturated heterocycles. The lowest BCUT2D eigenvalue weighted by molar-refractivity contribution is -0.135. The first-order valence-electron chi connectivity index (χ1n) is 4.82. The highest BCUT2D eigenvalue weighted by atomic mass is 19.4. The first kappa shape index (κ1) is 11.9. The second-order valence-corrected chi connectivity index (χ2v) is 3.23. The van der Waals surface area contributed by atoms with Crippen molar-refractivity contribution in [3.8, 4) is 5.75 Å². The van der Waals surface area contributed by atoms with Crippen LogP contribution in [0.15, 0.2) is 30.3 Å². The molecule has 0 aliphatic heterocycles. The fourth-order valence-corrected chi connectivity index (χ4v) is 1.13. The molecule has 0 aliphatic carbocycles. The molecule has 0 N–H and O–H groups in total. The number of benzene rings is 1. The van der Waals surface area contributed by atoms with Gasteiger partial charge in [0.1, 0.15) is 5.75 Å². The topological polar surface area (TPSA) is 9.23 Å². The normalized spacial score (nSPS) is 11.4. The molecular weight excluding hydrogens is 205 g/mol. The summed E-state index contributed by atoms with van der Waals surface area (Å²) >= 11 is 0. The van der Waals surface area contributed by atoms with Gasteiger partial charge in [0.25, 0.3) is 0 Å². The van der Waals surface area contributed by atoms with E-state index in [9.17, 15) is 13.2 Å². The van der Waals surface area contributed by atoms with Gasteiger partial charge in [-0.15, -0.1) is 0 Å². The Bertz CT molecular complexity index is 269. The van der Waals surface area contributed by atoms with Crippen molar-refractivity contribution in [2.45, 2.75) is 25.4 Å². The Morgan fingerprint density at radius 1 is 1.00 bits per heavy atom. The number of ether oxygens (including phenoxy) is 1. The number of hydrogen-bond acceptors (Lipinski definition) is 1. The van der Waals surface area contributed by atoms with E-state index in [-0.39, 0.29) is 6.42 Å². The van der Waals surface area contributed by atoms with Crippen LogP contribution in [0.4, 0.5) is 13.2 Å². The van der Waals surface area contributed by atoms with Crippen LogP contribution in [0.1, 0.15) is 19.3 Å². The maximum atomic E-state index is 11.8. The highest BCUT2D eigenvalue weighted by molar-refractivity contribution is 5.20. The second-order valence-electron chi connectivity index (χ2n) is 3.23. The average molecular weight is 218 g/mol. The summed E-state index contributed by atoms with van der Waals surface area (Å²) in [6.07, 6.45) is -4.23. The fourth-order valence-electron chi connectivity index (χ4n) is 1.13. The smallest absolute Gasteiger partial charge is 0.389 e. The van der Waals surface area contributed by atoms with E-state index in [1.54, 1.807) is 12.1 Å². The third-order valence-electron chi connectivity index (χ3n) is 1.87. The summed E-state index contributed by atoms with van der Waals surface area (Å²) in [5.41, 5.74) is 0. The molecule has 0 spiro atoms. The van der Waals surface area contributed by atoms with Crippen molar-refractivity contribution in [1.29, 1.82) is 0 Å². The molecule has 1 nitrogen and oxygen atoms in total. The third kappa shape index (κ3) is 5.99. The van der Waals surface area contributed by atoms with Crippen molar-refractivity contribution in [2.75, 3.05) is 6.61 Å². The van der Waals surface area contributed by atoms with E-state index in [4.69, 9.17) is 4.74 Å². The Balaban J connectivity index is 2.08. The Labute approximate surface area is 86.9 Å². The van der Waals surface area contributed by atoms with E-state index in [0.717, 1.165) is 0 Å². The van der Waals surface area contributed by atoms with Crippen molar-refractivity contribution in [2.24, 2.45) is 0 Å². The predicted molar refractivity (Wildman–Crippen MR) is 51.8 cm³/mol. The van der Waals surface area contributed by atoms with E-state index in [2.05, 4.69) is 0 Å². The molecule has 0 bridgehead atoms. The molecular formula is C11H13F3O. The molecule has 15 heavy (non-hydrogen) atoms. The van der Waals surface area contributed by atoms with E-state index in [1.807, 2.05) is 18.2 Å². The van der Waals surface area contributed by atoms with Gasteiger partial charge in [-0.25, -0.2) is 0 Å². The van der Waals surface area contributed by atoms with Gasteiger partial charge < -0.3 is 4.74 Å². The number of rotatable bonds is 5. The largest absolute Gasteiger partial charge is 0.494 e. The average Bonchev–Trinajstić information content (AvgIpc) is 2.17. The van der Waals surface area contributed by atoms with Crippen molar-refractivity contribution in [3.05, 3.63) is 30.3 Å². The maximum absolute atomic E-state index is 11.8. The van der Waals surface area contributed by atoms with Crippen molar-refractivity contribution in [3.63, 3.8) is 0 Å². The standard InChI is InChI=1S/C11H13F3O/c12-11(13,14)8-4-5-9-15-10-6-2-1-3-7-10/h1-3,6-7H,4-5,8-9H2. The molecule has 1 rings (SSSR count). The molecule has 0 atom stereocenters. The Hall–Kier alpha value is -1.19. The van der Waals surface area contributed by atoms with Crippen LogP contribution in [0.5, 0.6) is 5.75 Å². The summed E-state index contributed by atoms with van der Waals surface area (Å²) in [7, 11) is 0. The van der Waals surface area contributed by atoms with Crippen molar-refractivity contribution in [1.82, 2.24) is 0 Å². The minimum Gasteiger partial charge on any atom is -0.494 e. The zero-order valence-electron chi connectivity index (χ0n) is 8.26. The summed E-state index contributed by atoms with van der Waals surface area (Å²) in [6, 6.07) is 9.07. The van der Waals surface area contributed by atoms with Crippen LogP contribution in [0.3, 0.4) is 0 Å². The lowest BCUT2D eigenvalue weighted by atomic mass is 10.2. The van der Waals surface area contributed by atoms with Gasteiger partial charge in [-0.2, -0.15) is 13.2 Å². The monoisotopic (exact) mass is 218 g/mol.